The largest absolute Gasteiger partial charge is 0.497 e. The molecule has 98 valence electrons. The lowest BCUT2D eigenvalue weighted by Crippen LogP contribution is -2.30. The number of anilines is 1. The molecule has 1 aliphatic heterocycles. The van der Waals surface area contributed by atoms with Crippen LogP contribution >= 0.6 is 11.8 Å². The zero-order valence-corrected chi connectivity index (χ0v) is 11.3. The van der Waals surface area contributed by atoms with E-state index in [-0.39, 0.29) is 5.91 Å². The molecule has 1 aliphatic rings. The molecule has 1 amide bonds. The molecular formula is C13H18N2O2S. The van der Waals surface area contributed by atoms with Crippen LogP contribution in [-0.4, -0.2) is 30.6 Å². The number of amides is 1. The number of carbonyl (C=O) groups is 1. The third kappa shape index (κ3) is 3.10. The summed E-state index contributed by atoms with van der Waals surface area (Å²) in [4.78, 5) is 12.0. The van der Waals surface area contributed by atoms with Gasteiger partial charge in [0.2, 0.25) is 0 Å². The Morgan fingerprint density at radius 1 is 1.61 bits per heavy atom. The Bertz CT molecular complexity index is 431. The molecule has 1 aromatic rings. The summed E-state index contributed by atoms with van der Waals surface area (Å²) in [6.07, 6.45) is 2.43. The van der Waals surface area contributed by atoms with Crippen LogP contribution in [0.5, 0.6) is 5.75 Å². The van der Waals surface area contributed by atoms with E-state index >= 15 is 0 Å². The number of methoxy groups -OCH3 is 1. The second-order valence-corrected chi connectivity index (χ2v) is 5.71. The van der Waals surface area contributed by atoms with E-state index in [1.807, 2.05) is 11.8 Å². The summed E-state index contributed by atoms with van der Waals surface area (Å²) in [5, 5.41) is 3.49. The van der Waals surface area contributed by atoms with Gasteiger partial charge in [-0.25, -0.2) is 0 Å². The SMILES string of the molecule is COc1ccc(C(=O)NCC2CCCS2)c(N)c1. The predicted octanol–water partition coefficient (Wildman–Crippen LogP) is 1.90. The molecule has 1 aromatic carbocycles. The van der Waals surface area contributed by atoms with Crippen molar-refractivity contribution < 1.29 is 9.53 Å². The quantitative estimate of drug-likeness (QED) is 0.817. The highest BCUT2D eigenvalue weighted by atomic mass is 32.2. The average Bonchev–Trinajstić information content (AvgIpc) is 2.88. The van der Waals surface area contributed by atoms with Gasteiger partial charge in [-0.15, -0.1) is 0 Å². The second kappa shape index (κ2) is 6.00. The molecule has 0 bridgehead atoms. The molecule has 3 N–H and O–H groups in total. The topological polar surface area (TPSA) is 64.3 Å². The van der Waals surface area contributed by atoms with Crippen molar-refractivity contribution in [2.75, 3.05) is 25.1 Å². The Kier molecular flexibility index (Phi) is 4.36. The Balaban J connectivity index is 1.95. The maximum absolute atomic E-state index is 12.0. The molecule has 1 atom stereocenters. The molecule has 18 heavy (non-hydrogen) atoms. The fraction of sp³-hybridized carbons (Fsp3) is 0.462. The van der Waals surface area contributed by atoms with Gasteiger partial charge in [-0.05, 0) is 30.7 Å². The summed E-state index contributed by atoms with van der Waals surface area (Å²) in [6, 6.07) is 5.11. The van der Waals surface area contributed by atoms with E-state index in [2.05, 4.69) is 5.32 Å². The summed E-state index contributed by atoms with van der Waals surface area (Å²) < 4.78 is 5.06. The molecule has 1 fully saturated rings. The lowest BCUT2D eigenvalue weighted by atomic mass is 10.1. The number of nitrogens with one attached hydrogen (secondary N) is 1. The molecular weight excluding hydrogens is 248 g/mol. The first kappa shape index (κ1) is 13.1. The van der Waals surface area contributed by atoms with Crippen molar-refractivity contribution in [2.45, 2.75) is 18.1 Å². The van der Waals surface area contributed by atoms with Crippen molar-refractivity contribution in [3.63, 3.8) is 0 Å². The van der Waals surface area contributed by atoms with Crippen molar-refractivity contribution in [2.24, 2.45) is 0 Å². The van der Waals surface area contributed by atoms with Crippen molar-refractivity contribution >= 4 is 23.4 Å². The van der Waals surface area contributed by atoms with Gasteiger partial charge in [0.05, 0.1) is 12.7 Å². The molecule has 4 nitrogen and oxygen atoms in total. The average molecular weight is 266 g/mol. The van der Waals surface area contributed by atoms with Crippen molar-refractivity contribution in [3.8, 4) is 5.75 Å². The van der Waals surface area contributed by atoms with Crippen LogP contribution in [0.1, 0.15) is 23.2 Å². The summed E-state index contributed by atoms with van der Waals surface area (Å²) in [5.41, 5.74) is 6.80. The van der Waals surface area contributed by atoms with Crippen LogP contribution in [0.25, 0.3) is 0 Å². The Labute approximate surface area is 111 Å². The van der Waals surface area contributed by atoms with Gasteiger partial charge in [-0.3, -0.25) is 4.79 Å². The highest BCUT2D eigenvalue weighted by molar-refractivity contribution is 8.00. The zero-order chi connectivity index (χ0) is 13.0. The number of thioether (sulfide) groups is 1. The number of rotatable bonds is 4. The molecule has 5 heteroatoms. The first-order chi connectivity index (χ1) is 8.70. The maximum Gasteiger partial charge on any atom is 0.253 e. The fourth-order valence-corrected chi connectivity index (χ4v) is 3.18. The van der Waals surface area contributed by atoms with Gasteiger partial charge in [0, 0.05) is 23.5 Å². The van der Waals surface area contributed by atoms with Gasteiger partial charge in [0.1, 0.15) is 5.75 Å². The van der Waals surface area contributed by atoms with E-state index in [0.29, 0.717) is 22.3 Å². The van der Waals surface area contributed by atoms with E-state index in [9.17, 15) is 4.79 Å². The molecule has 1 saturated heterocycles. The van der Waals surface area contributed by atoms with Gasteiger partial charge >= 0.3 is 0 Å². The normalized spacial score (nSPS) is 18.6. The molecule has 0 aromatic heterocycles. The number of benzene rings is 1. The molecule has 0 saturated carbocycles. The third-order valence-corrected chi connectivity index (χ3v) is 4.42. The van der Waals surface area contributed by atoms with Gasteiger partial charge in [-0.2, -0.15) is 11.8 Å². The second-order valence-electron chi connectivity index (χ2n) is 4.30. The molecule has 2 rings (SSSR count). The summed E-state index contributed by atoms with van der Waals surface area (Å²) >= 11 is 1.92. The van der Waals surface area contributed by atoms with Crippen molar-refractivity contribution in [1.29, 1.82) is 0 Å². The van der Waals surface area contributed by atoms with Crippen LogP contribution < -0.4 is 15.8 Å². The van der Waals surface area contributed by atoms with Crippen LogP contribution in [0.2, 0.25) is 0 Å². The molecule has 0 spiro atoms. The van der Waals surface area contributed by atoms with Gasteiger partial charge in [-0.1, -0.05) is 0 Å². The van der Waals surface area contributed by atoms with Gasteiger partial charge < -0.3 is 15.8 Å². The van der Waals surface area contributed by atoms with E-state index < -0.39 is 0 Å². The lowest BCUT2D eigenvalue weighted by Gasteiger charge is -2.12. The maximum atomic E-state index is 12.0. The van der Waals surface area contributed by atoms with Crippen LogP contribution in [0.15, 0.2) is 18.2 Å². The summed E-state index contributed by atoms with van der Waals surface area (Å²) in [6.45, 7) is 0.717. The number of hydrogen-bond acceptors (Lipinski definition) is 4. The minimum Gasteiger partial charge on any atom is -0.497 e. The zero-order valence-electron chi connectivity index (χ0n) is 10.4. The first-order valence-electron chi connectivity index (χ1n) is 6.04. The van der Waals surface area contributed by atoms with Crippen LogP contribution in [0.3, 0.4) is 0 Å². The standard InChI is InChI=1S/C13H18N2O2S/c1-17-9-4-5-11(12(14)7-9)13(16)15-8-10-3-2-6-18-10/h4-5,7,10H,2-3,6,8,14H2,1H3,(H,15,16). The van der Waals surface area contributed by atoms with Gasteiger partial charge in [0.25, 0.3) is 5.91 Å². The Hall–Kier alpha value is -1.36. The van der Waals surface area contributed by atoms with Crippen LogP contribution in [-0.2, 0) is 0 Å². The molecule has 0 aliphatic carbocycles. The van der Waals surface area contributed by atoms with E-state index in [1.54, 1.807) is 25.3 Å². The Morgan fingerprint density at radius 3 is 3.06 bits per heavy atom. The Morgan fingerprint density at radius 2 is 2.44 bits per heavy atom. The molecule has 0 radical (unpaired) electrons. The number of nitrogens with two attached hydrogens (primary N) is 1. The number of hydrogen-bond donors (Lipinski definition) is 2. The lowest BCUT2D eigenvalue weighted by molar-refractivity contribution is 0.0954. The molecule has 1 unspecified atom stereocenters. The smallest absolute Gasteiger partial charge is 0.253 e. The minimum absolute atomic E-state index is 0.109. The van der Waals surface area contributed by atoms with E-state index in [1.165, 1.54) is 18.6 Å². The third-order valence-electron chi connectivity index (χ3n) is 3.02. The highest BCUT2D eigenvalue weighted by Gasteiger charge is 2.17. The summed E-state index contributed by atoms with van der Waals surface area (Å²) in [7, 11) is 1.58. The van der Waals surface area contributed by atoms with Crippen molar-refractivity contribution in [1.82, 2.24) is 5.32 Å². The van der Waals surface area contributed by atoms with E-state index in [4.69, 9.17) is 10.5 Å². The van der Waals surface area contributed by atoms with Gasteiger partial charge in [0.15, 0.2) is 0 Å². The molecule has 1 heterocycles. The fourth-order valence-electron chi connectivity index (χ4n) is 1.98. The van der Waals surface area contributed by atoms with E-state index in [0.717, 1.165) is 6.54 Å². The predicted molar refractivity (Wildman–Crippen MR) is 75.2 cm³/mol. The number of nitrogen functional groups attached to an aromatic ring is 1. The monoisotopic (exact) mass is 266 g/mol. The highest BCUT2D eigenvalue weighted by Crippen LogP contribution is 2.25. The van der Waals surface area contributed by atoms with Crippen LogP contribution in [0, 0.1) is 0 Å². The van der Waals surface area contributed by atoms with Crippen LogP contribution in [0.4, 0.5) is 5.69 Å². The summed E-state index contributed by atoms with van der Waals surface area (Å²) in [5.74, 6) is 1.75. The number of carbonyl (C=O) groups excluding carboxylic acids is 1. The number of ether oxygens (including phenoxy) is 1. The minimum atomic E-state index is -0.109. The first-order valence-corrected chi connectivity index (χ1v) is 7.09. The van der Waals surface area contributed by atoms with Crippen molar-refractivity contribution in [3.05, 3.63) is 23.8 Å².